The van der Waals surface area contributed by atoms with Crippen molar-refractivity contribution in [3.63, 3.8) is 0 Å². The number of rotatable bonds is 4. The van der Waals surface area contributed by atoms with Crippen molar-refractivity contribution in [1.29, 1.82) is 0 Å². The van der Waals surface area contributed by atoms with Gasteiger partial charge < -0.3 is 9.84 Å². The monoisotopic (exact) mass is 319 g/mol. The zero-order valence-electron chi connectivity index (χ0n) is 13.3. The third kappa shape index (κ3) is 2.54. The van der Waals surface area contributed by atoms with Crippen LogP contribution >= 0.6 is 0 Å². The van der Waals surface area contributed by atoms with Crippen LogP contribution in [-0.2, 0) is 4.74 Å². The fourth-order valence-corrected chi connectivity index (χ4v) is 2.79. The van der Waals surface area contributed by atoms with Crippen molar-refractivity contribution in [2.75, 3.05) is 6.61 Å². The zero-order chi connectivity index (χ0) is 16.5. The number of hydrogen-bond acceptors (Lipinski definition) is 4. The van der Waals surface area contributed by atoms with E-state index in [0.717, 1.165) is 27.5 Å². The largest absolute Gasteiger partial charge is 0.364 e. The van der Waals surface area contributed by atoms with E-state index in [4.69, 9.17) is 4.74 Å². The molecular weight excluding hydrogens is 302 g/mol. The van der Waals surface area contributed by atoms with E-state index in [9.17, 15) is 5.11 Å². The van der Waals surface area contributed by atoms with Gasteiger partial charge in [-0.2, -0.15) is 4.80 Å². The van der Waals surface area contributed by atoms with Crippen LogP contribution in [0.3, 0.4) is 0 Å². The number of hydrogen-bond donors (Lipinski definition) is 1. The number of ether oxygens (including phenoxy) is 1. The Bertz CT molecular complexity index is 993. The maximum Gasteiger partial charge on any atom is 0.181 e. The lowest BCUT2D eigenvalue weighted by Crippen LogP contribution is -2.04. The first-order valence-corrected chi connectivity index (χ1v) is 7.91. The Labute approximate surface area is 139 Å². The second kappa shape index (κ2) is 6.03. The first kappa shape index (κ1) is 14.8. The highest BCUT2D eigenvalue weighted by atomic mass is 16.6. The third-order valence-electron chi connectivity index (χ3n) is 4.01. The average molecular weight is 319 g/mol. The molecule has 0 aliphatic carbocycles. The Hall–Kier alpha value is -2.76. The highest BCUT2D eigenvalue weighted by Crippen LogP contribution is 2.23. The maximum absolute atomic E-state index is 9.85. The fraction of sp³-hybridized carbons (Fsp3) is 0.158. The van der Waals surface area contributed by atoms with E-state index in [1.54, 1.807) is 4.80 Å². The molecule has 0 amide bonds. The Balaban J connectivity index is 1.75. The van der Waals surface area contributed by atoms with Crippen molar-refractivity contribution in [3.8, 4) is 5.69 Å². The van der Waals surface area contributed by atoms with Crippen molar-refractivity contribution in [1.82, 2.24) is 15.0 Å². The number of aliphatic hydroxyl groups is 1. The molecule has 0 aliphatic rings. The van der Waals surface area contributed by atoms with Crippen LogP contribution in [0, 0.1) is 0 Å². The lowest BCUT2D eigenvalue weighted by molar-refractivity contribution is -0.0979. The quantitative estimate of drug-likeness (QED) is 0.584. The molecule has 0 bridgehead atoms. The summed E-state index contributed by atoms with van der Waals surface area (Å²) in [5.74, 6) is 0. The van der Waals surface area contributed by atoms with Gasteiger partial charge >= 0.3 is 0 Å². The van der Waals surface area contributed by atoms with Crippen molar-refractivity contribution in [3.05, 3.63) is 66.2 Å². The fourth-order valence-electron chi connectivity index (χ4n) is 2.79. The lowest BCUT2D eigenvalue weighted by Gasteiger charge is -2.10. The van der Waals surface area contributed by atoms with Crippen LogP contribution in [0.15, 0.2) is 60.7 Å². The Kier molecular flexibility index (Phi) is 3.72. The molecule has 1 heterocycles. The first-order chi connectivity index (χ1) is 11.8. The number of fused-ring (bicyclic) bond motifs is 3. The minimum Gasteiger partial charge on any atom is -0.364 e. The summed E-state index contributed by atoms with van der Waals surface area (Å²) in [7, 11) is 0. The highest BCUT2D eigenvalue weighted by Gasteiger charge is 2.10. The van der Waals surface area contributed by atoms with Crippen LogP contribution in [0.1, 0.15) is 18.8 Å². The summed E-state index contributed by atoms with van der Waals surface area (Å²) >= 11 is 0. The molecule has 1 atom stereocenters. The van der Waals surface area contributed by atoms with Crippen molar-refractivity contribution >= 4 is 21.8 Å². The summed E-state index contributed by atoms with van der Waals surface area (Å²) < 4.78 is 5.19. The van der Waals surface area contributed by atoms with Gasteiger partial charge in [-0.05, 0) is 30.5 Å². The third-order valence-corrected chi connectivity index (χ3v) is 4.01. The van der Waals surface area contributed by atoms with Gasteiger partial charge in [0.25, 0.3) is 0 Å². The van der Waals surface area contributed by atoms with E-state index in [1.807, 2.05) is 49.4 Å². The summed E-state index contributed by atoms with van der Waals surface area (Å²) in [5, 5.41) is 21.3. The molecule has 5 heteroatoms. The summed E-state index contributed by atoms with van der Waals surface area (Å²) in [6.45, 7) is 2.31. The Morgan fingerprint density at radius 3 is 2.58 bits per heavy atom. The molecule has 5 nitrogen and oxygen atoms in total. The molecule has 0 radical (unpaired) electrons. The smallest absolute Gasteiger partial charge is 0.181 e. The van der Waals surface area contributed by atoms with Crippen LogP contribution in [0.5, 0.6) is 0 Å². The molecular formula is C19H17N3O2. The summed E-state index contributed by atoms with van der Waals surface area (Å²) in [6, 6.07) is 19.6. The van der Waals surface area contributed by atoms with Gasteiger partial charge in [0.05, 0.1) is 5.69 Å². The molecule has 1 aromatic heterocycles. The second-order valence-corrected chi connectivity index (χ2v) is 5.54. The van der Waals surface area contributed by atoms with E-state index in [0.29, 0.717) is 12.2 Å². The molecule has 0 saturated carbocycles. The minimum absolute atomic E-state index is 0.460. The van der Waals surface area contributed by atoms with Crippen LogP contribution in [0.25, 0.3) is 27.5 Å². The predicted octanol–water partition coefficient (Wildman–Crippen LogP) is 3.60. The van der Waals surface area contributed by atoms with Gasteiger partial charge in [-0.25, -0.2) is 0 Å². The molecule has 24 heavy (non-hydrogen) atoms. The molecule has 0 saturated heterocycles. The first-order valence-electron chi connectivity index (χ1n) is 7.91. The summed E-state index contributed by atoms with van der Waals surface area (Å²) in [5.41, 5.74) is 3.28. The molecule has 1 N–H and O–H groups in total. The lowest BCUT2D eigenvalue weighted by atomic mass is 10.1. The second-order valence-electron chi connectivity index (χ2n) is 5.54. The molecule has 0 aliphatic heterocycles. The van der Waals surface area contributed by atoms with Gasteiger partial charge in [-0.3, -0.25) is 0 Å². The van der Waals surface area contributed by atoms with E-state index in [1.165, 1.54) is 0 Å². The van der Waals surface area contributed by atoms with Gasteiger partial charge in [0.2, 0.25) is 0 Å². The number of benzene rings is 3. The van der Waals surface area contributed by atoms with Crippen molar-refractivity contribution in [2.45, 2.75) is 13.2 Å². The molecule has 4 rings (SSSR count). The average Bonchev–Trinajstić information content (AvgIpc) is 3.07. The van der Waals surface area contributed by atoms with Gasteiger partial charge in [0.15, 0.2) is 6.29 Å². The molecule has 3 aromatic carbocycles. The van der Waals surface area contributed by atoms with Gasteiger partial charge in [0.1, 0.15) is 11.0 Å². The normalized spacial score (nSPS) is 12.8. The topological polar surface area (TPSA) is 60.2 Å². The molecule has 1 unspecified atom stereocenters. The SMILES string of the molecule is CCOC(O)c1ccc(-n2nc3ccc4ccccc4c3n2)cc1. The van der Waals surface area contributed by atoms with Crippen LogP contribution in [0.2, 0.25) is 0 Å². The van der Waals surface area contributed by atoms with Gasteiger partial charge in [-0.15, -0.1) is 10.2 Å². The van der Waals surface area contributed by atoms with E-state index in [2.05, 4.69) is 28.4 Å². The standard InChI is InChI=1S/C19H17N3O2/c1-2-24-19(23)14-7-10-15(11-8-14)22-20-17-12-9-13-5-3-4-6-16(13)18(17)21-22/h3-12,19,23H,2H2,1H3. The van der Waals surface area contributed by atoms with Crippen molar-refractivity contribution in [2.24, 2.45) is 0 Å². The number of nitrogens with zero attached hydrogens (tertiary/aromatic N) is 3. The zero-order valence-corrected chi connectivity index (χ0v) is 13.3. The number of aromatic nitrogens is 3. The Morgan fingerprint density at radius 1 is 1.00 bits per heavy atom. The minimum atomic E-state index is -0.905. The van der Waals surface area contributed by atoms with Crippen LogP contribution < -0.4 is 0 Å². The maximum atomic E-state index is 9.85. The molecule has 0 fully saturated rings. The highest BCUT2D eigenvalue weighted by molar-refractivity contribution is 6.03. The Morgan fingerprint density at radius 2 is 1.79 bits per heavy atom. The van der Waals surface area contributed by atoms with Crippen LogP contribution in [-0.4, -0.2) is 26.7 Å². The van der Waals surface area contributed by atoms with E-state index < -0.39 is 6.29 Å². The van der Waals surface area contributed by atoms with Crippen LogP contribution in [0.4, 0.5) is 0 Å². The van der Waals surface area contributed by atoms with Crippen molar-refractivity contribution < 1.29 is 9.84 Å². The van der Waals surface area contributed by atoms with Gasteiger partial charge in [0, 0.05) is 17.6 Å². The predicted molar refractivity (Wildman–Crippen MR) is 93.0 cm³/mol. The summed E-state index contributed by atoms with van der Waals surface area (Å²) in [6.07, 6.45) is -0.905. The summed E-state index contributed by atoms with van der Waals surface area (Å²) in [4.78, 5) is 1.62. The van der Waals surface area contributed by atoms with E-state index in [-0.39, 0.29) is 0 Å². The molecule has 120 valence electrons. The molecule has 4 aromatic rings. The molecule has 0 spiro atoms. The van der Waals surface area contributed by atoms with Gasteiger partial charge in [-0.1, -0.05) is 42.5 Å². The van der Waals surface area contributed by atoms with E-state index >= 15 is 0 Å². The number of aliphatic hydroxyl groups excluding tert-OH is 1.